The molecule has 0 bridgehead atoms. The van der Waals surface area contributed by atoms with Crippen molar-refractivity contribution in [1.29, 1.82) is 0 Å². The summed E-state index contributed by atoms with van der Waals surface area (Å²) >= 11 is 1.17. The van der Waals surface area contributed by atoms with Crippen molar-refractivity contribution >= 4 is 29.5 Å². The van der Waals surface area contributed by atoms with Gasteiger partial charge < -0.3 is 15.0 Å². The highest BCUT2D eigenvalue weighted by atomic mass is 32.2. The number of ether oxygens (including phenoxy) is 1. The van der Waals surface area contributed by atoms with Crippen LogP contribution in [0.25, 0.3) is 5.69 Å². The summed E-state index contributed by atoms with van der Waals surface area (Å²) in [5, 5.41) is 14.7. The third kappa shape index (κ3) is 4.42. The van der Waals surface area contributed by atoms with Crippen LogP contribution in [0, 0.1) is 0 Å². The summed E-state index contributed by atoms with van der Waals surface area (Å²) in [6, 6.07) is 8.44. The van der Waals surface area contributed by atoms with Gasteiger partial charge in [0.2, 0.25) is 17.0 Å². The molecule has 11 heteroatoms. The van der Waals surface area contributed by atoms with Gasteiger partial charge in [0.1, 0.15) is 6.04 Å². The number of aromatic nitrogens is 4. The highest BCUT2D eigenvalue weighted by Gasteiger charge is 2.35. The smallest absolute Gasteiger partial charge is 0.308 e. The van der Waals surface area contributed by atoms with Crippen LogP contribution in [0.3, 0.4) is 0 Å². The van der Waals surface area contributed by atoms with Crippen molar-refractivity contribution in [3.05, 3.63) is 30.3 Å². The average molecular weight is 390 g/mol. The first kappa shape index (κ1) is 18.8. The molecule has 3 rings (SSSR count). The maximum absolute atomic E-state index is 12.7. The van der Waals surface area contributed by atoms with Gasteiger partial charge in [0, 0.05) is 13.1 Å². The number of methoxy groups -OCH3 is 1. The van der Waals surface area contributed by atoms with Gasteiger partial charge in [0.15, 0.2) is 0 Å². The predicted octanol–water partition coefficient (Wildman–Crippen LogP) is -0.355. The van der Waals surface area contributed by atoms with Crippen LogP contribution in [0.15, 0.2) is 35.5 Å². The third-order valence-corrected chi connectivity index (χ3v) is 4.91. The van der Waals surface area contributed by atoms with E-state index in [1.807, 2.05) is 30.3 Å². The number of carbonyl (C=O) groups excluding carboxylic acids is 3. The fourth-order valence-electron chi connectivity index (χ4n) is 2.67. The third-order valence-electron chi connectivity index (χ3n) is 4.01. The number of nitrogens with one attached hydrogen (secondary N) is 1. The number of tetrazole rings is 1. The van der Waals surface area contributed by atoms with Gasteiger partial charge in [-0.15, -0.1) is 5.10 Å². The molecule has 2 heterocycles. The Balaban J connectivity index is 1.67. The first-order valence-corrected chi connectivity index (χ1v) is 9.19. The molecule has 0 aliphatic carbocycles. The van der Waals surface area contributed by atoms with E-state index in [-0.39, 0.29) is 24.0 Å². The fourth-order valence-corrected chi connectivity index (χ4v) is 3.44. The zero-order valence-corrected chi connectivity index (χ0v) is 15.4. The van der Waals surface area contributed by atoms with E-state index in [9.17, 15) is 14.4 Å². The summed E-state index contributed by atoms with van der Waals surface area (Å²) in [4.78, 5) is 37.7. The van der Waals surface area contributed by atoms with E-state index in [0.29, 0.717) is 18.2 Å². The van der Waals surface area contributed by atoms with Crippen LogP contribution in [0.4, 0.5) is 0 Å². The van der Waals surface area contributed by atoms with E-state index in [1.165, 1.54) is 28.5 Å². The largest absolute Gasteiger partial charge is 0.469 e. The second-order valence-electron chi connectivity index (χ2n) is 5.67. The van der Waals surface area contributed by atoms with Gasteiger partial charge >= 0.3 is 5.97 Å². The molecule has 27 heavy (non-hydrogen) atoms. The fraction of sp³-hybridized carbons (Fsp3) is 0.375. The van der Waals surface area contributed by atoms with Gasteiger partial charge in [-0.1, -0.05) is 30.0 Å². The molecule has 1 saturated heterocycles. The summed E-state index contributed by atoms with van der Waals surface area (Å²) in [5.74, 6) is -1.14. The molecule has 1 aliphatic rings. The Hall–Kier alpha value is -2.95. The number of piperazine rings is 1. The van der Waals surface area contributed by atoms with Gasteiger partial charge in [0.25, 0.3) is 0 Å². The van der Waals surface area contributed by atoms with Gasteiger partial charge in [-0.25, -0.2) is 0 Å². The maximum Gasteiger partial charge on any atom is 0.308 e. The molecule has 0 saturated carbocycles. The summed E-state index contributed by atoms with van der Waals surface area (Å²) in [7, 11) is 1.24. The molecule has 10 nitrogen and oxygen atoms in total. The van der Waals surface area contributed by atoms with Crippen molar-refractivity contribution in [2.45, 2.75) is 17.6 Å². The van der Waals surface area contributed by atoms with Gasteiger partial charge in [0.05, 0.1) is 25.0 Å². The van der Waals surface area contributed by atoms with E-state index in [2.05, 4.69) is 25.6 Å². The predicted molar refractivity (Wildman–Crippen MR) is 95.0 cm³/mol. The Labute approximate surface area is 159 Å². The summed E-state index contributed by atoms with van der Waals surface area (Å²) in [5.41, 5.74) is 0.776. The molecule has 1 aromatic heterocycles. The molecule has 2 aromatic rings. The summed E-state index contributed by atoms with van der Waals surface area (Å²) in [6.45, 7) is 0.672. The number of thioether (sulfide) groups is 1. The van der Waals surface area contributed by atoms with Crippen molar-refractivity contribution in [2.75, 3.05) is 26.0 Å². The monoisotopic (exact) mass is 390 g/mol. The molecule has 142 valence electrons. The van der Waals surface area contributed by atoms with Crippen molar-refractivity contribution in [2.24, 2.45) is 0 Å². The molecule has 1 fully saturated rings. The minimum absolute atomic E-state index is 0.0398. The first-order valence-electron chi connectivity index (χ1n) is 8.20. The van der Waals surface area contributed by atoms with Gasteiger partial charge in [-0.3, -0.25) is 14.4 Å². The number of rotatable bonds is 6. The number of hydrogen-bond acceptors (Lipinski definition) is 8. The standard InChI is InChI=1S/C16H18N6O4S/c1-26-14(24)9-12-15(25)17-7-8-21(12)13(23)10-27-16-18-19-20-22(16)11-5-3-2-4-6-11/h2-6,12H,7-10H2,1H3,(H,17,25). The molecule has 1 unspecified atom stereocenters. The zero-order valence-electron chi connectivity index (χ0n) is 14.6. The Morgan fingerprint density at radius 2 is 2.11 bits per heavy atom. The zero-order chi connectivity index (χ0) is 19.2. The normalized spacial score (nSPS) is 16.7. The van der Waals surface area contributed by atoms with Crippen molar-refractivity contribution < 1.29 is 19.1 Å². The lowest BCUT2D eigenvalue weighted by molar-refractivity contribution is -0.149. The van der Waals surface area contributed by atoms with Crippen LogP contribution < -0.4 is 5.32 Å². The molecule has 0 spiro atoms. The lowest BCUT2D eigenvalue weighted by Crippen LogP contribution is -2.58. The Morgan fingerprint density at radius 1 is 1.33 bits per heavy atom. The highest BCUT2D eigenvalue weighted by Crippen LogP contribution is 2.20. The summed E-state index contributed by atoms with van der Waals surface area (Å²) < 4.78 is 6.16. The number of para-hydroxylation sites is 1. The lowest BCUT2D eigenvalue weighted by atomic mass is 10.1. The average Bonchev–Trinajstić information content (AvgIpc) is 3.16. The second-order valence-corrected chi connectivity index (χ2v) is 6.61. The number of esters is 1. The van der Waals surface area contributed by atoms with Crippen LogP contribution in [-0.2, 0) is 19.1 Å². The second kappa shape index (κ2) is 8.62. The lowest BCUT2D eigenvalue weighted by Gasteiger charge is -2.34. The van der Waals surface area contributed by atoms with Gasteiger partial charge in [-0.05, 0) is 22.6 Å². The molecule has 1 atom stereocenters. The van der Waals surface area contributed by atoms with E-state index in [0.717, 1.165) is 5.69 Å². The Bertz CT molecular complexity index is 827. The van der Waals surface area contributed by atoms with Crippen LogP contribution in [-0.4, -0.2) is 74.9 Å². The van der Waals surface area contributed by atoms with Crippen molar-refractivity contribution in [3.8, 4) is 5.69 Å². The minimum atomic E-state index is -0.871. The molecule has 1 N–H and O–H groups in total. The number of carbonyl (C=O) groups is 3. The summed E-state index contributed by atoms with van der Waals surface area (Å²) in [6.07, 6.45) is -0.180. The van der Waals surface area contributed by atoms with Crippen molar-refractivity contribution in [3.63, 3.8) is 0 Å². The molecular formula is C16H18N6O4S. The van der Waals surface area contributed by atoms with Crippen LogP contribution >= 0.6 is 11.8 Å². The SMILES string of the molecule is COC(=O)CC1C(=O)NCCN1C(=O)CSc1nnnn1-c1ccccc1. The quantitative estimate of drug-likeness (QED) is 0.525. The number of hydrogen-bond donors (Lipinski definition) is 1. The number of amides is 2. The molecular weight excluding hydrogens is 372 g/mol. The van der Waals surface area contributed by atoms with Gasteiger partial charge in [-0.2, -0.15) is 4.68 Å². The molecule has 0 radical (unpaired) electrons. The molecule has 2 amide bonds. The number of benzene rings is 1. The first-order chi connectivity index (χ1) is 13.1. The Kier molecular flexibility index (Phi) is 6.01. The molecule has 1 aliphatic heterocycles. The van der Waals surface area contributed by atoms with E-state index in [1.54, 1.807) is 0 Å². The van der Waals surface area contributed by atoms with Crippen LogP contribution in [0.5, 0.6) is 0 Å². The maximum atomic E-state index is 12.7. The Morgan fingerprint density at radius 3 is 2.85 bits per heavy atom. The van der Waals surface area contributed by atoms with Crippen LogP contribution in [0.1, 0.15) is 6.42 Å². The van der Waals surface area contributed by atoms with E-state index >= 15 is 0 Å². The minimum Gasteiger partial charge on any atom is -0.469 e. The number of nitrogens with zero attached hydrogens (tertiary/aromatic N) is 5. The highest BCUT2D eigenvalue weighted by molar-refractivity contribution is 7.99. The topological polar surface area (TPSA) is 119 Å². The van der Waals surface area contributed by atoms with Crippen molar-refractivity contribution in [1.82, 2.24) is 30.4 Å². The molecule has 1 aromatic carbocycles. The van der Waals surface area contributed by atoms with E-state index in [4.69, 9.17) is 0 Å². The van der Waals surface area contributed by atoms with E-state index < -0.39 is 12.0 Å². The van der Waals surface area contributed by atoms with Crippen LogP contribution in [0.2, 0.25) is 0 Å².